The lowest BCUT2D eigenvalue weighted by Gasteiger charge is -2.41. The number of unbranched alkanes of at least 4 members (excludes halogenated alkanes) is 4. The molecule has 0 amide bonds. The molecule has 0 aliphatic heterocycles. The first-order valence-corrected chi connectivity index (χ1v) is 30.4. The largest absolute Gasteiger partial charge is 0.308 e. The number of rotatable bonds is 16. The van der Waals surface area contributed by atoms with Gasteiger partial charge in [-0.15, -0.1) is 6.58 Å². The molecule has 406 valence electrons. The molecule has 3 heteroatoms. The molecule has 0 heterocycles. The highest BCUT2D eigenvalue weighted by Gasteiger charge is 2.47. The molecule has 0 radical (unpaired) electrons. The molecule has 5 aliphatic rings. The van der Waals surface area contributed by atoms with Crippen molar-refractivity contribution < 1.29 is 4.79 Å². The minimum Gasteiger partial charge on any atom is -0.308 e. The summed E-state index contributed by atoms with van der Waals surface area (Å²) < 4.78 is 1.11. The van der Waals surface area contributed by atoms with Gasteiger partial charge in [-0.25, -0.2) is 0 Å². The van der Waals surface area contributed by atoms with Gasteiger partial charge in [-0.2, -0.15) is 0 Å². The molecule has 3 saturated carbocycles. The van der Waals surface area contributed by atoms with Crippen molar-refractivity contribution in [2.24, 2.45) is 23.2 Å². The number of hydrogen-bond acceptors (Lipinski definition) is 2. The number of aryl methyl sites for hydroxylation is 3. The maximum atomic E-state index is 10.7. The van der Waals surface area contributed by atoms with Gasteiger partial charge in [0.05, 0.1) is 0 Å². The number of benzene rings is 5. The van der Waals surface area contributed by atoms with Crippen molar-refractivity contribution in [3.05, 3.63) is 196 Å². The summed E-state index contributed by atoms with van der Waals surface area (Å²) in [6, 6.07) is 39.3. The Morgan fingerprint density at radius 3 is 1.96 bits per heavy atom. The summed E-state index contributed by atoms with van der Waals surface area (Å²) in [5, 5.41) is 7.84. The van der Waals surface area contributed by atoms with Crippen LogP contribution in [0.25, 0.3) is 27.8 Å². The highest BCUT2D eigenvalue weighted by molar-refractivity contribution is 9.10. The first-order valence-electron chi connectivity index (χ1n) is 29.7. The van der Waals surface area contributed by atoms with E-state index in [0.717, 1.165) is 71.2 Å². The summed E-state index contributed by atoms with van der Waals surface area (Å²) in [6.07, 6.45) is 34.8. The molecule has 76 heavy (non-hydrogen) atoms. The van der Waals surface area contributed by atoms with Crippen LogP contribution in [0.4, 0.5) is 0 Å². The quantitative estimate of drug-likeness (QED) is 0.0455. The lowest BCUT2D eigenvalue weighted by molar-refractivity contribution is -0.120. The number of hydrogen-bond donors (Lipinski definition) is 1. The fraction of sp³-hybridized carbons (Fsp3) is 0.452. The Hall–Kier alpha value is -5.12. The number of nitrogens with one attached hydrogen (secondary N) is 1. The van der Waals surface area contributed by atoms with Crippen LogP contribution in [0, 0.1) is 42.4 Å². The third-order valence-corrected chi connectivity index (χ3v) is 17.8. The monoisotopic (exact) mass is 1080 g/mol. The van der Waals surface area contributed by atoms with Crippen molar-refractivity contribution in [2.75, 3.05) is 0 Å². The van der Waals surface area contributed by atoms with Crippen molar-refractivity contribution in [1.29, 1.82) is 5.41 Å². The Labute approximate surface area is 471 Å². The SMILES string of the molecule is C=CC(=O)C1CCC1.C=CC1C=C2Cc3ccccc3C2=CC1.CC.CCC1(C)CCCC1(C)c1ccc(C)cc1.CCCCCCCC1CC1.CCCc1ccc(-c2ccc(-c3ccc(C)cc3)c(C=N)c2)c(Br)c1. The second-order valence-electron chi connectivity index (χ2n) is 22.5. The molecule has 0 saturated heterocycles. The van der Waals surface area contributed by atoms with Crippen molar-refractivity contribution in [2.45, 2.75) is 190 Å². The van der Waals surface area contributed by atoms with E-state index in [-0.39, 0.29) is 5.78 Å². The lowest BCUT2D eigenvalue weighted by atomic mass is 9.63. The molecule has 5 aromatic rings. The van der Waals surface area contributed by atoms with E-state index in [1.807, 2.05) is 19.9 Å². The molecule has 1 N–H and O–H groups in total. The number of halogens is 1. The van der Waals surface area contributed by atoms with Gasteiger partial charge in [0.2, 0.25) is 0 Å². The van der Waals surface area contributed by atoms with E-state index in [1.165, 1.54) is 140 Å². The molecule has 5 aromatic carbocycles. The number of ketones is 1. The zero-order valence-corrected chi connectivity index (χ0v) is 50.2. The Bertz CT molecular complexity index is 2670. The van der Waals surface area contributed by atoms with Crippen LogP contribution < -0.4 is 0 Å². The van der Waals surface area contributed by atoms with Gasteiger partial charge in [-0.05, 0) is 162 Å². The van der Waals surface area contributed by atoms with E-state index >= 15 is 0 Å². The third kappa shape index (κ3) is 17.2. The van der Waals surface area contributed by atoms with Gasteiger partial charge < -0.3 is 5.41 Å². The van der Waals surface area contributed by atoms with Gasteiger partial charge in [0.25, 0.3) is 0 Å². The van der Waals surface area contributed by atoms with Crippen LogP contribution in [0.3, 0.4) is 0 Å². The molecule has 5 aliphatic carbocycles. The second-order valence-corrected chi connectivity index (χ2v) is 23.4. The summed E-state index contributed by atoms with van der Waals surface area (Å²) in [5.41, 5.74) is 17.7. The number of allylic oxidation sites excluding steroid dienone is 6. The minimum absolute atomic E-state index is 0.233. The van der Waals surface area contributed by atoms with Crippen molar-refractivity contribution >= 4 is 33.5 Å². The van der Waals surface area contributed by atoms with E-state index < -0.39 is 0 Å². The van der Waals surface area contributed by atoms with Gasteiger partial charge in [0, 0.05) is 22.2 Å². The third-order valence-electron chi connectivity index (χ3n) is 17.1. The van der Waals surface area contributed by atoms with Crippen LogP contribution in [0.5, 0.6) is 0 Å². The average Bonchev–Trinajstić information content (AvgIpc) is 4.11. The van der Waals surface area contributed by atoms with Gasteiger partial charge in [0.15, 0.2) is 5.78 Å². The first-order chi connectivity index (χ1) is 36.8. The van der Waals surface area contributed by atoms with Crippen LogP contribution in [0.15, 0.2) is 157 Å². The van der Waals surface area contributed by atoms with Crippen LogP contribution in [-0.4, -0.2) is 12.0 Å². The zero-order chi connectivity index (χ0) is 55.1. The minimum atomic E-state index is 0.233. The highest BCUT2D eigenvalue weighted by atomic mass is 79.9. The number of carbonyl (C=O) groups is 1. The topological polar surface area (TPSA) is 40.9 Å². The Balaban J connectivity index is 0.000000183. The Morgan fingerprint density at radius 2 is 1.38 bits per heavy atom. The molecule has 3 fully saturated rings. The van der Waals surface area contributed by atoms with E-state index in [1.54, 1.807) is 5.56 Å². The lowest BCUT2D eigenvalue weighted by Crippen LogP contribution is -2.35. The fourth-order valence-corrected chi connectivity index (χ4v) is 12.0. The van der Waals surface area contributed by atoms with E-state index in [9.17, 15) is 4.79 Å². The van der Waals surface area contributed by atoms with Crippen LogP contribution in [-0.2, 0) is 23.1 Å². The van der Waals surface area contributed by atoms with Crippen molar-refractivity contribution in [3.63, 3.8) is 0 Å². The van der Waals surface area contributed by atoms with Crippen LogP contribution in [0.2, 0.25) is 0 Å². The van der Waals surface area contributed by atoms with Crippen molar-refractivity contribution in [3.8, 4) is 22.3 Å². The Morgan fingerprint density at radius 1 is 0.724 bits per heavy atom. The van der Waals surface area contributed by atoms with Crippen molar-refractivity contribution in [1.82, 2.24) is 0 Å². The summed E-state index contributed by atoms with van der Waals surface area (Å²) in [5.74, 6) is 2.27. The van der Waals surface area contributed by atoms with Gasteiger partial charge in [-0.1, -0.05) is 268 Å². The average molecular weight is 1080 g/mol. The number of fused-ring (bicyclic) bond motifs is 3. The molecule has 0 spiro atoms. The van der Waals surface area contributed by atoms with Gasteiger partial charge >= 0.3 is 0 Å². The maximum Gasteiger partial charge on any atom is 0.158 e. The fourth-order valence-electron chi connectivity index (χ4n) is 11.3. The normalized spacial score (nSPS) is 19.6. The molecule has 0 bridgehead atoms. The molecule has 0 aromatic heterocycles. The van der Waals surface area contributed by atoms with E-state index in [2.05, 4.69) is 199 Å². The van der Waals surface area contributed by atoms with Gasteiger partial charge in [0.1, 0.15) is 0 Å². The molecular formula is C73H96BrNO. The Kier molecular flexibility index (Phi) is 25.4. The highest BCUT2D eigenvalue weighted by Crippen LogP contribution is 2.56. The standard InChI is InChI=1S/C23H22BrN.C16H24.C15H14.C10H20.C7H10O.C2H6/c1-3-4-17-7-11-22(23(24)13-17)19-10-12-21(20(14-19)15-25)18-8-5-16(2)6-9-18;1-5-15(3)11-6-12-16(15,4)14-9-7-13(2)8-10-14;1-2-11-7-8-15-13(9-11)10-12-5-3-4-6-14(12)15;1-2-3-4-5-6-7-10-8-9-10;1-2-7(8)6-4-3-5-6;1-2/h5-15,25H,3-4H2,1-2H3;7-10H,5-6,11-12H2,1-4H3;2-6,8-9,11H,1,7,10H2;10H,2-9H2,1H3;2,6H,1,3-5H2;1-2H3. The molecular weight excluding hydrogens is 987 g/mol. The maximum absolute atomic E-state index is 10.7. The van der Waals surface area contributed by atoms with Crippen LogP contribution in [0.1, 0.15) is 197 Å². The van der Waals surface area contributed by atoms with Gasteiger partial charge in [-0.3, -0.25) is 4.79 Å². The molecule has 10 rings (SSSR count). The summed E-state index contributed by atoms with van der Waals surface area (Å²) >= 11 is 3.71. The molecule has 3 unspecified atom stereocenters. The van der Waals surface area contributed by atoms with E-state index in [4.69, 9.17) is 5.41 Å². The smallest absolute Gasteiger partial charge is 0.158 e. The molecule has 2 nitrogen and oxygen atoms in total. The molecule has 3 atom stereocenters. The summed E-state index contributed by atoms with van der Waals surface area (Å²) in [7, 11) is 0. The predicted octanol–water partition coefficient (Wildman–Crippen LogP) is 22.0. The summed E-state index contributed by atoms with van der Waals surface area (Å²) in [4.78, 5) is 10.7. The first kappa shape index (κ1) is 61.7. The summed E-state index contributed by atoms with van der Waals surface area (Å²) in [6.45, 7) is 27.3. The van der Waals surface area contributed by atoms with E-state index in [0.29, 0.717) is 22.7 Å². The second kappa shape index (κ2) is 31.3. The predicted molar refractivity (Wildman–Crippen MR) is 337 cm³/mol. The van der Waals surface area contributed by atoms with Crippen LogP contribution >= 0.6 is 15.9 Å². The zero-order valence-electron chi connectivity index (χ0n) is 48.6. The number of carbonyl (C=O) groups excluding carboxylic acids is 1.